The maximum atomic E-state index is 14.8. The van der Waals surface area contributed by atoms with Gasteiger partial charge in [0.15, 0.2) is 5.65 Å². The first-order valence-corrected chi connectivity index (χ1v) is 11.5. The Labute approximate surface area is 202 Å². The highest BCUT2D eigenvalue weighted by molar-refractivity contribution is 5.95. The predicted molar refractivity (Wildman–Crippen MR) is 134 cm³/mol. The zero-order valence-corrected chi connectivity index (χ0v) is 19.8. The molecule has 5 rings (SSSR count). The number of carbonyl (C=O) groups excluding carboxylic acids is 1. The third-order valence-electron chi connectivity index (χ3n) is 6.18. The fourth-order valence-corrected chi connectivity index (χ4v) is 4.12. The van der Waals surface area contributed by atoms with Gasteiger partial charge in [-0.25, -0.2) is 14.1 Å². The molecule has 1 N–H and O–H groups in total. The number of aromatic nitrogens is 5. The first kappa shape index (κ1) is 22.6. The maximum Gasteiger partial charge on any atom is 0.254 e. The van der Waals surface area contributed by atoms with Crippen molar-refractivity contribution in [2.24, 2.45) is 0 Å². The third-order valence-corrected chi connectivity index (χ3v) is 6.18. The molecule has 7 nitrogen and oxygen atoms in total. The van der Waals surface area contributed by atoms with Gasteiger partial charge in [-0.1, -0.05) is 30.3 Å². The zero-order chi connectivity index (χ0) is 24.6. The summed E-state index contributed by atoms with van der Waals surface area (Å²) >= 11 is 0. The molecule has 1 amide bonds. The quantitative estimate of drug-likeness (QED) is 0.375. The van der Waals surface area contributed by atoms with Crippen LogP contribution in [0.5, 0.6) is 0 Å². The number of amides is 1. The molecule has 0 bridgehead atoms. The highest BCUT2D eigenvalue weighted by atomic mass is 19.1. The van der Waals surface area contributed by atoms with Crippen LogP contribution < -0.4 is 5.32 Å². The number of hydrogen-bond donors (Lipinski definition) is 1. The Hall–Kier alpha value is -4.20. The summed E-state index contributed by atoms with van der Waals surface area (Å²) < 4.78 is 16.5. The molecule has 176 valence electrons. The van der Waals surface area contributed by atoms with Gasteiger partial charge >= 0.3 is 0 Å². The molecule has 0 spiro atoms. The number of rotatable bonds is 6. The van der Waals surface area contributed by atoms with Gasteiger partial charge in [-0.15, -0.1) is 5.10 Å². The van der Waals surface area contributed by atoms with Crippen molar-refractivity contribution in [3.05, 3.63) is 83.8 Å². The van der Waals surface area contributed by atoms with Crippen molar-refractivity contribution in [3.63, 3.8) is 0 Å². The third kappa shape index (κ3) is 4.12. The van der Waals surface area contributed by atoms with Crippen LogP contribution in [0.2, 0.25) is 0 Å². The molecule has 0 aliphatic carbocycles. The number of carbonyl (C=O) groups is 1. The lowest BCUT2D eigenvalue weighted by molar-refractivity contribution is 0.0949. The van der Waals surface area contributed by atoms with Gasteiger partial charge in [0.25, 0.3) is 5.91 Å². The van der Waals surface area contributed by atoms with Gasteiger partial charge in [-0.05, 0) is 68.3 Å². The van der Waals surface area contributed by atoms with Gasteiger partial charge in [-0.2, -0.15) is 0 Å². The Bertz CT molecular complexity index is 1560. The van der Waals surface area contributed by atoms with Crippen molar-refractivity contribution in [1.82, 2.24) is 30.3 Å². The number of benzene rings is 2. The summed E-state index contributed by atoms with van der Waals surface area (Å²) in [6.07, 6.45) is 2.56. The highest BCUT2D eigenvalue weighted by Crippen LogP contribution is 2.30. The molecule has 0 unspecified atom stereocenters. The van der Waals surface area contributed by atoms with Crippen LogP contribution in [0, 0.1) is 5.82 Å². The van der Waals surface area contributed by atoms with E-state index < -0.39 is 17.3 Å². The molecule has 35 heavy (non-hydrogen) atoms. The average molecular weight is 469 g/mol. The van der Waals surface area contributed by atoms with E-state index in [9.17, 15) is 9.18 Å². The van der Waals surface area contributed by atoms with Gasteiger partial charge in [0.1, 0.15) is 11.3 Å². The molecule has 5 aromatic rings. The van der Waals surface area contributed by atoms with Crippen molar-refractivity contribution >= 4 is 28.0 Å². The van der Waals surface area contributed by atoms with E-state index in [1.54, 1.807) is 23.0 Å². The molecule has 0 atom stereocenters. The number of nitrogens with one attached hydrogen (secondary N) is 1. The van der Waals surface area contributed by atoms with Crippen molar-refractivity contribution in [1.29, 1.82) is 0 Å². The lowest BCUT2D eigenvalue weighted by Crippen LogP contribution is -2.29. The van der Waals surface area contributed by atoms with E-state index in [0.717, 1.165) is 22.9 Å². The van der Waals surface area contributed by atoms with E-state index in [1.165, 1.54) is 12.1 Å². The molecule has 3 aromatic heterocycles. The summed E-state index contributed by atoms with van der Waals surface area (Å²) in [4.78, 5) is 21.4. The van der Waals surface area contributed by atoms with E-state index in [0.29, 0.717) is 29.0 Å². The Morgan fingerprint density at radius 1 is 1.06 bits per heavy atom. The Morgan fingerprint density at radius 2 is 1.89 bits per heavy atom. The van der Waals surface area contributed by atoms with E-state index in [2.05, 4.69) is 40.5 Å². The molecule has 8 heteroatoms. The van der Waals surface area contributed by atoms with Gasteiger partial charge < -0.3 is 5.32 Å². The lowest BCUT2D eigenvalue weighted by Gasteiger charge is -2.26. The molecule has 0 aliphatic rings. The van der Waals surface area contributed by atoms with Gasteiger partial charge in [0.05, 0.1) is 22.3 Å². The SMILES string of the molecule is CCCNC(=O)c1ccc(-c2ccc3nnn(C(C)(C)c4ccc5ncccc5c4)c3n2)cc1F. The summed E-state index contributed by atoms with van der Waals surface area (Å²) in [7, 11) is 0. The van der Waals surface area contributed by atoms with Gasteiger partial charge in [0, 0.05) is 23.7 Å². The van der Waals surface area contributed by atoms with Crippen LogP contribution in [-0.2, 0) is 5.54 Å². The highest BCUT2D eigenvalue weighted by Gasteiger charge is 2.27. The Kier molecular flexibility index (Phi) is 5.72. The molecule has 0 saturated carbocycles. The van der Waals surface area contributed by atoms with Crippen molar-refractivity contribution in [2.75, 3.05) is 6.54 Å². The fourth-order valence-electron chi connectivity index (χ4n) is 4.12. The zero-order valence-electron chi connectivity index (χ0n) is 19.8. The van der Waals surface area contributed by atoms with E-state index in [4.69, 9.17) is 4.98 Å². The number of fused-ring (bicyclic) bond motifs is 2. The molecular formula is C27H25FN6O. The largest absolute Gasteiger partial charge is 0.352 e. The minimum atomic E-state index is -0.588. The number of hydrogen-bond acceptors (Lipinski definition) is 5. The number of halogens is 1. The molecule has 3 heterocycles. The topological polar surface area (TPSA) is 85.6 Å². The van der Waals surface area contributed by atoms with Crippen LogP contribution in [0.15, 0.2) is 66.9 Å². The first-order chi connectivity index (χ1) is 16.9. The fraction of sp³-hybridized carbons (Fsp3) is 0.222. The standard InChI is InChI=1S/C27H25FN6O/c1-4-13-30-26(35)20-9-7-18(16-21(20)28)23-11-12-24-25(31-23)34(33-32-24)27(2,3)19-8-10-22-17(15-19)6-5-14-29-22/h5-12,14-16H,4,13H2,1-3H3,(H,30,35). The molecule has 0 fully saturated rings. The van der Waals surface area contributed by atoms with Gasteiger partial charge in [-0.3, -0.25) is 9.78 Å². The summed E-state index contributed by atoms with van der Waals surface area (Å²) in [6.45, 7) is 6.55. The molecule has 0 saturated heterocycles. The summed E-state index contributed by atoms with van der Waals surface area (Å²) in [6, 6.07) is 18.2. The van der Waals surface area contributed by atoms with E-state index in [-0.39, 0.29) is 5.56 Å². The maximum absolute atomic E-state index is 14.8. The van der Waals surface area contributed by atoms with Crippen LogP contribution >= 0.6 is 0 Å². The minimum absolute atomic E-state index is 0.0157. The van der Waals surface area contributed by atoms with E-state index in [1.807, 2.05) is 37.3 Å². The second-order valence-electron chi connectivity index (χ2n) is 8.96. The van der Waals surface area contributed by atoms with Crippen molar-refractivity contribution in [3.8, 4) is 11.3 Å². The van der Waals surface area contributed by atoms with Crippen LogP contribution in [0.1, 0.15) is 43.1 Å². The molecule has 2 aromatic carbocycles. The van der Waals surface area contributed by atoms with Crippen LogP contribution in [-0.4, -0.2) is 37.4 Å². The minimum Gasteiger partial charge on any atom is -0.352 e. The van der Waals surface area contributed by atoms with Crippen molar-refractivity contribution in [2.45, 2.75) is 32.7 Å². The van der Waals surface area contributed by atoms with Crippen molar-refractivity contribution < 1.29 is 9.18 Å². The van der Waals surface area contributed by atoms with Crippen LogP contribution in [0.4, 0.5) is 4.39 Å². The second-order valence-corrected chi connectivity index (χ2v) is 8.96. The van der Waals surface area contributed by atoms with Gasteiger partial charge in [0.2, 0.25) is 0 Å². The van der Waals surface area contributed by atoms with E-state index >= 15 is 0 Å². The van der Waals surface area contributed by atoms with Crippen LogP contribution in [0.25, 0.3) is 33.3 Å². The summed E-state index contributed by atoms with van der Waals surface area (Å²) in [5.41, 5.74) is 3.77. The van der Waals surface area contributed by atoms with Crippen LogP contribution in [0.3, 0.4) is 0 Å². The second kappa shape index (κ2) is 8.87. The Morgan fingerprint density at radius 3 is 2.69 bits per heavy atom. The number of pyridine rings is 2. The number of nitrogens with zero attached hydrogens (tertiary/aromatic N) is 5. The molecule has 0 aliphatic heterocycles. The molecule has 0 radical (unpaired) electrons. The Balaban J connectivity index is 1.53. The lowest BCUT2D eigenvalue weighted by atomic mass is 9.93. The first-order valence-electron chi connectivity index (χ1n) is 11.5. The smallest absolute Gasteiger partial charge is 0.254 e. The monoisotopic (exact) mass is 468 g/mol. The average Bonchev–Trinajstić information content (AvgIpc) is 3.31. The normalized spacial score (nSPS) is 11.8. The predicted octanol–water partition coefficient (Wildman–Crippen LogP) is 5.10. The molecular weight excluding hydrogens is 443 g/mol. The summed E-state index contributed by atoms with van der Waals surface area (Å²) in [5.74, 6) is -1.01. The summed E-state index contributed by atoms with van der Waals surface area (Å²) in [5, 5.41) is 12.4.